The van der Waals surface area contributed by atoms with Gasteiger partial charge in [-0.1, -0.05) is 12.1 Å². The van der Waals surface area contributed by atoms with Crippen LogP contribution in [0.2, 0.25) is 0 Å². The van der Waals surface area contributed by atoms with E-state index in [0.717, 1.165) is 0 Å². The summed E-state index contributed by atoms with van der Waals surface area (Å²) in [6.07, 6.45) is 1.55. The summed E-state index contributed by atoms with van der Waals surface area (Å²) in [5.74, 6) is -0.334. The van der Waals surface area contributed by atoms with Crippen LogP contribution >= 0.6 is 24.8 Å². The first-order valence-electron chi connectivity index (χ1n) is 7.04. The fourth-order valence-electron chi connectivity index (χ4n) is 1.82. The highest BCUT2D eigenvalue weighted by atomic mass is 35.5. The van der Waals surface area contributed by atoms with Crippen LogP contribution in [0.1, 0.15) is 17.3 Å². The van der Waals surface area contributed by atoms with Crippen molar-refractivity contribution in [1.29, 1.82) is 0 Å². The second-order valence-electron chi connectivity index (χ2n) is 4.90. The van der Waals surface area contributed by atoms with Crippen LogP contribution < -0.4 is 16.0 Å². The summed E-state index contributed by atoms with van der Waals surface area (Å²) in [6, 6.07) is 9.73. The van der Waals surface area contributed by atoms with E-state index in [2.05, 4.69) is 20.9 Å². The molecule has 1 atom stereocenters. The standard InChI is InChI=1S/C16H19FN4O.2ClH/c1-11(18-2)10-20-16(22)12-6-5-9-19-15(12)21-14-8-4-3-7-13(14)17;;/h3-9,11,18H,10H2,1-2H3,(H,19,21)(H,20,22);2*1H. The van der Waals surface area contributed by atoms with Crippen LogP contribution in [0.4, 0.5) is 15.9 Å². The maximum absolute atomic E-state index is 13.7. The molecule has 0 aliphatic carbocycles. The number of carbonyl (C=O) groups is 1. The van der Waals surface area contributed by atoms with Crippen LogP contribution in [0, 0.1) is 5.82 Å². The average Bonchev–Trinajstić information content (AvgIpc) is 2.55. The normalized spacial score (nSPS) is 10.8. The van der Waals surface area contributed by atoms with Gasteiger partial charge in [-0.25, -0.2) is 9.37 Å². The number of anilines is 2. The first-order chi connectivity index (χ1) is 10.6. The van der Waals surface area contributed by atoms with E-state index in [1.807, 2.05) is 14.0 Å². The number of rotatable bonds is 6. The number of halogens is 3. The minimum Gasteiger partial charge on any atom is -0.350 e. The molecule has 1 heterocycles. The Kier molecular flexibility index (Phi) is 9.95. The van der Waals surface area contributed by atoms with E-state index in [9.17, 15) is 9.18 Å². The highest BCUT2D eigenvalue weighted by molar-refractivity contribution is 5.99. The molecule has 132 valence electrons. The summed E-state index contributed by atoms with van der Waals surface area (Å²) < 4.78 is 13.7. The van der Waals surface area contributed by atoms with Gasteiger partial charge in [-0.15, -0.1) is 24.8 Å². The van der Waals surface area contributed by atoms with Crippen LogP contribution in [0.25, 0.3) is 0 Å². The largest absolute Gasteiger partial charge is 0.350 e. The number of nitrogens with one attached hydrogen (secondary N) is 3. The Labute approximate surface area is 153 Å². The van der Waals surface area contributed by atoms with E-state index in [1.54, 1.807) is 36.5 Å². The van der Waals surface area contributed by atoms with E-state index in [0.29, 0.717) is 17.9 Å². The molecular weight excluding hydrogens is 354 g/mol. The summed E-state index contributed by atoms with van der Waals surface area (Å²) in [4.78, 5) is 16.4. The van der Waals surface area contributed by atoms with Gasteiger partial charge in [0, 0.05) is 18.8 Å². The molecular formula is C16H21Cl2FN4O. The monoisotopic (exact) mass is 374 g/mol. The number of hydrogen-bond acceptors (Lipinski definition) is 4. The fourth-order valence-corrected chi connectivity index (χ4v) is 1.82. The summed E-state index contributed by atoms with van der Waals surface area (Å²) in [5, 5.41) is 8.71. The molecule has 3 N–H and O–H groups in total. The van der Waals surface area contributed by atoms with Crippen LogP contribution in [0.5, 0.6) is 0 Å². The molecule has 1 unspecified atom stereocenters. The van der Waals surface area contributed by atoms with Crippen LogP contribution in [-0.4, -0.2) is 30.5 Å². The van der Waals surface area contributed by atoms with Gasteiger partial charge >= 0.3 is 0 Å². The maximum atomic E-state index is 13.7. The van der Waals surface area contributed by atoms with Crippen molar-refractivity contribution in [2.45, 2.75) is 13.0 Å². The van der Waals surface area contributed by atoms with Gasteiger partial charge in [-0.2, -0.15) is 0 Å². The van der Waals surface area contributed by atoms with Crippen LogP contribution in [0.15, 0.2) is 42.6 Å². The minimum atomic E-state index is -0.400. The Morgan fingerprint density at radius 2 is 1.92 bits per heavy atom. The van der Waals surface area contributed by atoms with Crippen LogP contribution in [-0.2, 0) is 0 Å². The molecule has 5 nitrogen and oxygen atoms in total. The van der Waals surface area contributed by atoms with Gasteiger partial charge < -0.3 is 16.0 Å². The van der Waals surface area contributed by atoms with Crippen molar-refractivity contribution >= 4 is 42.2 Å². The fraction of sp³-hybridized carbons (Fsp3) is 0.250. The highest BCUT2D eigenvalue weighted by Crippen LogP contribution is 2.20. The molecule has 0 fully saturated rings. The third-order valence-corrected chi connectivity index (χ3v) is 3.24. The molecule has 2 aromatic rings. The van der Waals surface area contributed by atoms with Gasteiger partial charge in [0.2, 0.25) is 0 Å². The molecule has 0 aliphatic heterocycles. The summed E-state index contributed by atoms with van der Waals surface area (Å²) in [5.41, 5.74) is 0.646. The number of amides is 1. The van der Waals surface area contributed by atoms with E-state index in [-0.39, 0.29) is 42.5 Å². The molecule has 0 saturated carbocycles. The Bertz CT molecular complexity index is 657. The zero-order chi connectivity index (χ0) is 15.9. The molecule has 1 aromatic heterocycles. The molecule has 2 rings (SSSR count). The number of aromatic nitrogens is 1. The smallest absolute Gasteiger partial charge is 0.255 e. The van der Waals surface area contributed by atoms with Crippen molar-refractivity contribution in [2.24, 2.45) is 0 Å². The molecule has 0 radical (unpaired) electrons. The average molecular weight is 375 g/mol. The lowest BCUT2D eigenvalue weighted by Crippen LogP contribution is -2.37. The van der Waals surface area contributed by atoms with Gasteiger partial charge in [0.05, 0.1) is 11.3 Å². The number of carbonyl (C=O) groups excluding carboxylic acids is 1. The lowest BCUT2D eigenvalue weighted by Gasteiger charge is -2.14. The van der Waals surface area contributed by atoms with E-state index >= 15 is 0 Å². The zero-order valence-electron chi connectivity index (χ0n) is 13.4. The summed E-state index contributed by atoms with van der Waals surface area (Å²) in [7, 11) is 1.83. The topological polar surface area (TPSA) is 66.0 Å². The quantitative estimate of drug-likeness (QED) is 0.726. The molecule has 1 amide bonds. The predicted octanol–water partition coefficient (Wildman–Crippen LogP) is 3.15. The molecule has 0 aliphatic rings. The number of likely N-dealkylation sites (N-methyl/N-ethyl adjacent to an activating group) is 1. The van der Waals surface area contributed by atoms with Crippen molar-refractivity contribution in [2.75, 3.05) is 18.9 Å². The minimum absolute atomic E-state index is 0. The molecule has 1 aromatic carbocycles. The van der Waals surface area contributed by atoms with Gasteiger partial charge in [-0.3, -0.25) is 4.79 Å². The zero-order valence-corrected chi connectivity index (χ0v) is 15.0. The third-order valence-electron chi connectivity index (χ3n) is 3.24. The predicted molar refractivity (Wildman–Crippen MR) is 99.3 cm³/mol. The Balaban J connectivity index is 0.00000264. The first kappa shape index (κ1) is 22.1. The van der Waals surface area contributed by atoms with Gasteiger partial charge in [-0.05, 0) is 38.2 Å². The van der Waals surface area contributed by atoms with E-state index < -0.39 is 5.82 Å². The lowest BCUT2D eigenvalue weighted by atomic mass is 10.2. The van der Waals surface area contributed by atoms with E-state index in [4.69, 9.17) is 0 Å². The first-order valence-corrected chi connectivity index (χ1v) is 7.04. The van der Waals surface area contributed by atoms with Crippen molar-refractivity contribution in [3.05, 3.63) is 54.0 Å². The van der Waals surface area contributed by atoms with Crippen LogP contribution in [0.3, 0.4) is 0 Å². The van der Waals surface area contributed by atoms with Crippen molar-refractivity contribution < 1.29 is 9.18 Å². The van der Waals surface area contributed by atoms with Crippen molar-refractivity contribution in [3.63, 3.8) is 0 Å². The van der Waals surface area contributed by atoms with Gasteiger partial charge in [0.1, 0.15) is 11.6 Å². The van der Waals surface area contributed by atoms with Gasteiger partial charge in [0.15, 0.2) is 0 Å². The van der Waals surface area contributed by atoms with E-state index in [1.165, 1.54) is 6.07 Å². The lowest BCUT2D eigenvalue weighted by molar-refractivity contribution is 0.0951. The maximum Gasteiger partial charge on any atom is 0.255 e. The summed E-state index contributed by atoms with van der Waals surface area (Å²) >= 11 is 0. The Hall–Kier alpha value is -1.89. The molecule has 0 bridgehead atoms. The number of nitrogens with zero attached hydrogens (tertiary/aromatic N) is 1. The second kappa shape index (κ2) is 10.8. The molecule has 0 saturated heterocycles. The second-order valence-corrected chi connectivity index (χ2v) is 4.90. The number of benzene rings is 1. The molecule has 8 heteroatoms. The third kappa shape index (κ3) is 5.96. The van der Waals surface area contributed by atoms with Gasteiger partial charge in [0.25, 0.3) is 5.91 Å². The Morgan fingerprint density at radius 3 is 2.58 bits per heavy atom. The molecule has 0 spiro atoms. The van der Waals surface area contributed by atoms with Crippen molar-refractivity contribution in [1.82, 2.24) is 15.6 Å². The molecule has 24 heavy (non-hydrogen) atoms. The number of para-hydroxylation sites is 1. The summed E-state index contributed by atoms with van der Waals surface area (Å²) in [6.45, 7) is 2.45. The Morgan fingerprint density at radius 1 is 1.21 bits per heavy atom. The SMILES string of the molecule is CNC(C)CNC(=O)c1cccnc1Nc1ccccc1F.Cl.Cl. The number of pyridine rings is 1. The van der Waals surface area contributed by atoms with Crippen molar-refractivity contribution in [3.8, 4) is 0 Å². The number of hydrogen-bond donors (Lipinski definition) is 3. The highest BCUT2D eigenvalue weighted by Gasteiger charge is 2.14.